The fourth-order valence-corrected chi connectivity index (χ4v) is 3.32. The summed E-state index contributed by atoms with van der Waals surface area (Å²) in [6.07, 6.45) is 5.19. The zero-order valence-corrected chi connectivity index (χ0v) is 13.1. The number of anilines is 1. The predicted molar refractivity (Wildman–Crippen MR) is 82.2 cm³/mol. The van der Waals surface area contributed by atoms with Crippen molar-refractivity contribution in [3.05, 3.63) is 17.1 Å². The molecular weight excluding hydrogens is 264 g/mol. The maximum atomic E-state index is 12.0. The average molecular weight is 288 g/mol. The topological polar surface area (TPSA) is 49.3 Å². The van der Waals surface area contributed by atoms with E-state index in [1.54, 1.807) is 0 Å². The molecule has 0 radical (unpaired) electrons. The van der Waals surface area contributed by atoms with Gasteiger partial charge in [0.2, 0.25) is 5.91 Å². The number of rotatable bonds is 2. The van der Waals surface area contributed by atoms with Crippen molar-refractivity contribution in [1.82, 2.24) is 14.9 Å². The summed E-state index contributed by atoms with van der Waals surface area (Å²) in [4.78, 5) is 25.7. The maximum Gasteiger partial charge on any atom is 0.222 e. The number of fused-ring (bicyclic) bond motifs is 1. The third-order valence-electron chi connectivity index (χ3n) is 4.46. The second kappa shape index (κ2) is 6.00. The molecule has 0 unspecified atom stereocenters. The Balaban J connectivity index is 1.93. The van der Waals surface area contributed by atoms with Crippen molar-refractivity contribution in [2.45, 2.75) is 52.5 Å². The highest BCUT2D eigenvalue weighted by atomic mass is 16.2. The van der Waals surface area contributed by atoms with Crippen LogP contribution in [0.2, 0.25) is 0 Å². The molecule has 2 aliphatic heterocycles. The zero-order chi connectivity index (χ0) is 14.8. The molecule has 3 heterocycles. The summed E-state index contributed by atoms with van der Waals surface area (Å²) < 4.78 is 0. The van der Waals surface area contributed by atoms with Crippen LogP contribution in [-0.4, -0.2) is 40.4 Å². The monoisotopic (exact) mass is 288 g/mol. The van der Waals surface area contributed by atoms with Crippen molar-refractivity contribution in [2.75, 3.05) is 24.5 Å². The van der Waals surface area contributed by atoms with E-state index in [1.165, 1.54) is 24.8 Å². The summed E-state index contributed by atoms with van der Waals surface area (Å²) in [6, 6.07) is 0. The van der Waals surface area contributed by atoms with Crippen LogP contribution in [0.4, 0.5) is 5.82 Å². The molecule has 0 aromatic carbocycles. The molecule has 3 rings (SSSR count). The third-order valence-corrected chi connectivity index (χ3v) is 4.46. The first-order chi connectivity index (χ1) is 10.2. The van der Waals surface area contributed by atoms with E-state index in [4.69, 9.17) is 4.98 Å². The van der Waals surface area contributed by atoms with Gasteiger partial charge in [0, 0.05) is 38.0 Å². The number of hydrogen-bond acceptors (Lipinski definition) is 4. The van der Waals surface area contributed by atoms with Gasteiger partial charge in [-0.15, -0.1) is 0 Å². The molecular formula is C16H24N4O. The molecule has 1 aromatic heterocycles. The maximum absolute atomic E-state index is 12.0. The highest BCUT2D eigenvalue weighted by Crippen LogP contribution is 2.28. The van der Waals surface area contributed by atoms with E-state index in [0.29, 0.717) is 13.0 Å². The van der Waals surface area contributed by atoms with Gasteiger partial charge in [-0.3, -0.25) is 4.79 Å². The van der Waals surface area contributed by atoms with Crippen LogP contribution in [-0.2, 0) is 17.8 Å². The van der Waals surface area contributed by atoms with Gasteiger partial charge in [0.05, 0.1) is 12.2 Å². The van der Waals surface area contributed by atoms with Crippen LogP contribution in [0.5, 0.6) is 0 Å². The number of aryl methyl sites for hydroxylation is 1. The van der Waals surface area contributed by atoms with Gasteiger partial charge in [-0.05, 0) is 26.2 Å². The molecule has 0 spiro atoms. The lowest BCUT2D eigenvalue weighted by atomic mass is 10.0. The van der Waals surface area contributed by atoms with Gasteiger partial charge < -0.3 is 9.80 Å². The summed E-state index contributed by atoms with van der Waals surface area (Å²) in [6.45, 7) is 7.51. The molecule has 5 heteroatoms. The van der Waals surface area contributed by atoms with Crippen molar-refractivity contribution < 1.29 is 4.79 Å². The second-order valence-electron chi connectivity index (χ2n) is 5.99. The first-order valence-electron chi connectivity index (χ1n) is 8.08. The number of aromatic nitrogens is 2. The van der Waals surface area contributed by atoms with Crippen LogP contribution >= 0.6 is 0 Å². The Morgan fingerprint density at radius 3 is 2.62 bits per heavy atom. The Kier molecular flexibility index (Phi) is 4.08. The van der Waals surface area contributed by atoms with E-state index in [0.717, 1.165) is 43.4 Å². The molecule has 1 amide bonds. The van der Waals surface area contributed by atoms with E-state index >= 15 is 0 Å². The molecule has 0 atom stereocenters. The quantitative estimate of drug-likeness (QED) is 0.836. The lowest BCUT2D eigenvalue weighted by Crippen LogP contribution is -2.39. The molecule has 5 nitrogen and oxygen atoms in total. The second-order valence-corrected chi connectivity index (χ2v) is 5.99. The van der Waals surface area contributed by atoms with Crippen molar-refractivity contribution in [2.24, 2.45) is 0 Å². The van der Waals surface area contributed by atoms with Crippen LogP contribution in [0.3, 0.4) is 0 Å². The Morgan fingerprint density at radius 2 is 1.90 bits per heavy atom. The molecule has 2 aliphatic rings. The van der Waals surface area contributed by atoms with Gasteiger partial charge in [-0.25, -0.2) is 9.97 Å². The lowest BCUT2D eigenvalue weighted by Gasteiger charge is -2.34. The highest BCUT2D eigenvalue weighted by Gasteiger charge is 2.26. The minimum Gasteiger partial charge on any atom is -0.356 e. The van der Waals surface area contributed by atoms with Gasteiger partial charge in [-0.2, -0.15) is 0 Å². The van der Waals surface area contributed by atoms with Crippen LogP contribution in [0.15, 0.2) is 0 Å². The van der Waals surface area contributed by atoms with Gasteiger partial charge in [0.25, 0.3) is 0 Å². The molecule has 0 aliphatic carbocycles. The minimum atomic E-state index is 0.228. The Hall–Kier alpha value is -1.65. The number of amides is 1. The Bertz CT molecular complexity index is 537. The van der Waals surface area contributed by atoms with Gasteiger partial charge in [0.1, 0.15) is 11.6 Å². The fourth-order valence-electron chi connectivity index (χ4n) is 3.32. The zero-order valence-electron chi connectivity index (χ0n) is 13.1. The fraction of sp³-hybridized carbons (Fsp3) is 0.688. The number of piperidine rings is 1. The highest BCUT2D eigenvalue weighted by molar-refractivity contribution is 5.76. The Morgan fingerprint density at radius 1 is 1.14 bits per heavy atom. The van der Waals surface area contributed by atoms with Crippen molar-refractivity contribution in [3.8, 4) is 0 Å². The predicted octanol–water partition coefficient (Wildman–Crippen LogP) is 2.07. The molecule has 1 fully saturated rings. The molecule has 1 aromatic rings. The van der Waals surface area contributed by atoms with Crippen LogP contribution in [0.25, 0.3) is 0 Å². The molecule has 114 valence electrons. The number of hydrogen-bond donors (Lipinski definition) is 0. The average Bonchev–Trinajstić information content (AvgIpc) is 2.53. The summed E-state index contributed by atoms with van der Waals surface area (Å²) in [5, 5.41) is 0. The van der Waals surface area contributed by atoms with Crippen LogP contribution < -0.4 is 4.90 Å². The normalized spacial score (nSPS) is 18.6. The van der Waals surface area contributed by atoms with Crippen molar-refractivity contribution >= 4 is 11.7 Å². The molecule has 0 N–H and O–H groups in total. The Labute approximate surface area is 126 Å². The van der Waals surface area contributed by atoms with Gasteiger partial charge >= 0.3 is 0 Å². The summed E-state index contributed by atoms with van der Waals surface area (Å²) in [5.74, 6) is 2.15. The van der Waals surface area contributed by atoms with Crippen LogP contribution in [0, 0.1) is 6.92 Å². The van der Waals surface area contributed by atoms with E-state index in [-0.39, 0.29) is 5.91 Å². The van der Waals surface area contributed by atoms with Crippen LogP contribution in [0.1, 0.15) is 49.7 Å². The number of carbonyl (C=O) groups is 1. The van der Waals surface area contributed by atoms with E-state index in [1.807, 2.05) is 18.7 Å². The molecule has 1 saturated heterocycles. The SMILES string of the molecule is CCC(=O)N1CCc2nc(C)nc(N3CCCCC3)c2C1. The van der Waals surface area contributed by atoms with E-state index < -0.39 is 0 Å². The summed E-state index contributed by atoms with van der Waals surface area (Å²) in [5.41, 5.74) is 2.32. The largest absolute Gasteiger partial charge is 0.356 e. The van der Waals surface area contributed by atoms with Crippen molar-refractivity contribution in [3.63, 3.8) is 0 Å². The molecule has 0 saturated carbocycles. The van der Waals surface area contributed by atoms with Crippen molar-refractivity contribution in [1.29, 1.82) is 0 Å². The minimum absolute atomic E-state index is 0.228. The smallest absolute Gasteiger partial charge is 0.222 e. The number of nitrogens with zero attached hydrogens (tertiary/aromatic N) is 4. The van der Waals surface area contributed by atoms with E-state index in [2.05, 4.69) is 9.88 Å². The van der Waals surface area contributed by atoms with Gasteiger partial charge in [-0.1, -0.05) is 6.92 Å². The summed E-state index contributed by atoms with van der Waals surface area (Å²) in [7, 11) is 0. The summed E-state index contributed by atoms with van der Waals surface area (Å²) >= 11 is 0. The first-order valence-corrected chi connectivity index (χ1v) is 8.08. The third kappa shape index (κ3) is 2.87. The number of carbonyl (C=O) groups excluding carboxylic acids is 1. The van der Waals surface area contributed by atoms with E-state index in [9.17, 15) is 4.79 Å². The first kappa shape index (κ1) is 14.3. The standard InChI is InChI=1S/C16H24N4O/c1-3-15(21)20-10-7-14-13(11-20)16(18-12(2)17-14)19-8-5-4-6-9-19/h3-11H2,1-2H3. The molecule has 0 bridgehead atoms. The lowest BCUT2D eigenvalue weighted by molar-refractivity contribution is -0.131. The van der Waals surface area contributed by atoms with Gasteiger partial charge in [0.15, 0.2) is 0 Å². The molecule has 21 heavy (non-hydrogen) atoms.